The number of benzene rings is 1. The number of aliphatic hydroxyl groups excluding tert-OH is 1. The van der Waals surface area contributed by atoms with Gasteiger partial charge in [0, 0.05) is 7.11 Å². The average molecular weight is 308 g/mol. The molecule has 1 N–H and O–H groups in total. The highest BCUT2D eigenvalue weighted by atomic mass is 16.9. The Labute approximate surface area is 128 Å². The highest BCUT2D eigenvalue weighted by Gasteiger charge is 2.62. The van der Waals surface area contributed by atoms with Gasteiger partial charge in [0.05, 0.1) is 6.10 Å². The molecule has 1 aromatic rings. The first kappa shape index (κ1) is 14.6. The molecule has 0 aromatic heterocycles. The van der Waals surface area contributed by atoms with Crippen LogP contribution in [-0.4, -0.2) is 55.3 Å². The van der Waals surface area contributed by atoms with E-state index in [0.29, 0.717) is 0 Å². The Morgan fingerprint density at radius 2 is 1.64 bits per heavy atom. The first-order valence-corrected chi connectivity index (χ1v) is 7.56. The summed E-state index contributed by atoms with van der Waals surface area (Å²) in [6, 6.07) is 9.93. The van der Waals surface area contributed by atoms with E-state index in [1.165, 1.54) is 0 Å². The summed E-state index contributed by atoms with van der Waals surface area (Å²) in [5.41, 5.74) is 1.07. The zero-order valence-corrected chi connectivity index (χ0v) is 12.5. The maximum absolute atomic E-state index is 10.4. The van der Waals surface area contributed by atoms with E-state index < -0.39 is 30.9 Å². The second-order valence-electron chi connectivity index (χ2n) is 5.94. The Balaban J connectivity index is 1.56. The fraction of sp³-hybridized carbons (Fsp3) is 0.625. The number of aliphatic hydroxyl groups is 1. The van der Waals surface area contributed by atoms with Gasteiger partial charge in [-0.05, 0) is 12.5 Å². The van der Waals surface area contributed by atoms with E-state index in [9.17, 15) is 5.11 Å². The highest BCUT2D eigenvalue weighted by Crippen LogP contribution is 2.43. The second kappa shape index (κ2) is 5.56. The molecule has 3 heterocycles. The van der Waals surface area contributed by atoms with Crippen LogP contribution in [0.1, 0.15) is 18.6 Å². The standard InChI is InChI=1S/C16H20O6/c1-8(9-6-4-3-5-7-9)19-14-12-10(17)11-13(18-2)15(14)22-16(20-11)21-12/h3-8,10-17H,1-2H3/t8?,10-,11+,12-,13-,14+,15+,16-/m1/s1. The van der Waals surface area contributed by atoms with Crippen LogP contribution in [0.2, 0.25) is 0 Å². The first-order valence-electron chi connectivity index (χ1n) is 7.56. The molecule has 0 radical (unpaired) electrons. The lowest BCUT2D eigenvalue weighted by Gasteiger charge is -2.57. The van der Waals surface area contributed by atoms with Gasteiger partial charge < -0.3 is 28.8 Å². The van der Waals surface area contributed by atoms with Crippen LogP contribution in [0.3, 0.4) is 0 Å². The van der Waals surface area contributed by atoms with Gasteiger partial charge in [-0.15, -0.1) is 0 Å². The van der Waals surface area contributed by atoms with Crippen LogP contribution in [0.5, 0.6) is 0 Å². The summed E-state index contributed by atoms with van der Waals surface area (Å²) in [4.78, 5) is 0. The van der Waals surface area contributed by atoms with Gasteiger partial charge in [0.25, 0.3) is 6.48 Å². The monoisotopic (exact) mass is 308 g/mol. The third kappa shape index (κ3) is 2.19. The summed E-state index contributed by atoms with van der Waals surface area (Å²) in [5.74, 6) is 0. The third-order valence-corrected chi connectivity index (χ3v) is 4.68. The molecule has 3 saturated heterocycles. The van der Waals surface area contributed by atoms with Crippen LogP contribution < -0.4 is 0 Å². The van der Waals surface area contributed by atoms with Crippen molar-refractivity contribution in [1.82, 2.24) is 0 Å². The molecule has 4 aliphatic rings. The molecule has 5 rings (SSSR count). The smallest absolute Gasteiger partial charge is 0.272 e. The number of hydrogen-bond donors (Lipinski definition) is 1. The molecule has 8 atom stereocenters. The molecule has 1 unspecified atom stereocenters. The van der Waals surface area contributed by atoms with E-state index >= 15 is 0 Å². The Hall–Kier alpha value is -1.02. The summed E-state index contributed by atoms with van der Waals surface area (Å²) in [6.07, 6.45) is -2.87. The van der Waals surface area contributed by atoms with Crippen molar-refractivity contribution in [2.45, 2.75) is 56.1 Å². The van der Waals surface area contributed by atoms with Gasteiger partial charge in [0.2, 0.25) is 0 Å². The van der Waals surface area contributed by atoms with Crippen molar-refractivity contribution in [1.29, 1.82) is 0 Å². The maximum Gasteiger partial charge on any atom is 0.272 e. The van der Waals surface area contributed by atoms with E-state index in [1.54, 1.807) is 7.11 Å². The molecule has 0 amide bonds. The molecule has 1 saturated carbocycles. The zero-order chi connectivity index (χ0) is 15.3. The molecule has 1 aliphatic carbocycles. The van der Waals surface area contributed by atoms with Crippen molar-refractivity contribution in [3.8, 4) is 0 Å². The number of rotatable bonds is 4. The van der Waals surface area contributed by atoms with Crippen LogP contribution in [0, 0.1) is 0 Å². The zero-order valence-electron chi connectivity index (χ0n) is 12.5. The minimum Gasteiger partial charge on any atom is -0.387 e. The van der Waals surface area contributed by atoms with Crippen molar-refractivity contribution in [2.24, 2.45) is 0 Å². The molecule has 1 aromatic carbocycles. The van der Waals surface area contributed by atoms with Crippen LogP contribution in [-0.2, 0) is 23.7 Å². The van der Waals surface area contributed by atoms with E-state index in [0.717, 1.165) is 5.56 Å². The van der Waals surface area contributed by atoms with Gasteiger partial charge in [-0.25, -0.2) is 0 Å². The first-order chi connectivity index (χ1) is 10.7. The van der Waals surface area contributed by atoms with E-state index in [4.69, 9.17) is 23.7 Å². The summed E-state index contributed by atoms with van der Waals surface area (Å²) >= 11 is 0. The van der Waals surface area contributed by atoms with E-state index in [2.05, 4.69) is 0 Å². The Morgan fingerprint density at radius 3 is 2.32 bits per heavy atom. The largest absolute Gasteiger partial charge is 0.387 e. The normalized spacial score (nSPS) is 44.2. The lowest BCUT2D eigenvalue weighted by molar-refractivity contribution is -0.486. The van der Waals surface area contributed by atoms with Gasteiger partial charge >= 0.3 is 0 Å². The topological polar surface area (TPSA) is 66.4 Å². The Morgan fingerprint density at radius 1 is 1.00 bits per heavy atom. The van der Waals surface area contributed by atoms with Gasteiger partial charge in [0.15, 0.2) is 0 Å². The van der Waals surface area contributed by atoms with Crippen molar-refractivity contribution in [3.63, 3.8) is 0 Å². The van der Waals surface area contributed by atoms with Gasteiger partial charge in [0.1, 0.15) is 36.6 Å². The van der Waals surface area contributed by atoms with Gasteiger partial charge in [-0.1, -0.05) is 30.3 Å². The van der Waals surface area contributed by atoms with Gasteiger partial charge in [-0.2, -0.15) is 0 Å². The van der Waals surface area contributed by atoms with E-state index in [-0.39, 0.29) is 18.3 Å². The molecule has 6 nitrogen and oxygen atoms in total. The van der Waals surface area contributed by atoms with Crippen molar-refractivity contribution in [3.05, 3.63) is 35.9 Å². The maximum atomic E-state index is 10.4. The van der Waals surface area contributed by atoms with Crippen LogP contribution in [0.25, 0.3) is 0 Å². The van der Waals surface area contributed by atoms with Crippen LogP contribution >= 0.6 is 0 Å². The Kier molecular flexibility index (Phi) is 3.68. The molecule has 4 bridgehead atoms. The van der Waals surface area contributed by atoms with Crippen molar-refractivity contribution in [2.75, 3.05) is 7.11 Å². The minimum atomic E-state index is -0.783. The summed E-state index contributed by atoms with van der Waals surface area (Å²) < 4.78 is 28.5. The molecule has 3 aliphatic heterocycles. The SMILES string of the molecule is CO[C@H]1[C@@H]2O[C@H]3O[C@H]([C@H](O)[C@@H]1O3)[C@@H]2OC(C)c1ccccc1. The molecular formula is C16H20O6. The van der Waals surface area contributed by atoms with Crippen molar-refractivity contribution < 1.29 is 28.8 Å². The predicted octanol–water partition coefficient (Wildman–Crippen LogP) is 0.989. The highest BCUT2D eigenvalue weighted by molar-refractivity contribution is 5.17. The molecule has 120 valence electrons. The lowest BCUT2D eigenvalue weighted by atomic mass is 9.82. The summed E-state index contributed by atoms with van der Waals surface area (Å²) in [5, 5.41) is 10.4. The van der Waals surface area contributed by atoms with E-state index in [1.807, 2.05) is 37.3 Å². The molecular weight excluding hydrogens is 288 g/mol. The lowest BCUT2D eigenvalue weighted by Crippen LogP contribution is -2.75. The predicted molar refractivity (Wildman–Crippen MR) is 74.9 cm³/mol. The number of ether oxygens (including phenoxy) is 5. The number of hydrogen-bond acceptors (Lipinski definition) is 6. The fourth-order valence-corrected chi connectivity index (χ4v) is 3.55. The molecule has 4 fully saturated rings. The summed E-state index contributed by atoms with van der Waals surface area (Å²) in [6.45, 7) is 1.24. The molecule has 22 heavy (non-hydrogen) atoms. The Bertz CT molecular complexity index is 523. The fourth-order valence-electron chi connectivity index (χ4n) is 3.55. The quantitative estimate of drug-likeness (QED) is 0.895. The summed E-state index contributed by atoms with van der Waals surface area (Å²) in [7, 11) is 1.59. The van der Waals surface area contributed by atoms with Crippen LogP contribution in [0.4, 0.5) is 0 Å². The van der Waals surface area contributed by atoms with Crippen molar-refractivity contribution >= 4 is 0 Å². The number of methoxy groups -OCH3 is 1. The minimum absolute atomic E-state index is 0.137. The van der Waals surface area contributed by atoms with Gasteiger partial charge in [-0.3, -0.25) is 0 Å². The average Bonchev–Trinajstić information content (AvgIpc) is 2.55. The third-order valence-electron chi connectivity index (χ3n) is 4.68. The molecule has 6 heteroatoms. The van der Waals surface area contributed by atoms with Crippen LogP contribution in [0.15, 0.2) is 30.3 Å². The molecule has 0 spiro atoms. The second-order valence-corrected chi connectivity index (χ2v) is 5.94.